The van der Waals surface area contributed by atoms with E-state index in [4.69, 9.17) is 44.8 Å². The van der Waals surface area contributed by atoms with Crippen molar-refractivity contribution in [3.05, 3.63) is 56.0 Å². The lowest BCUT2D eigenvalue weighted by atomic mass is 10.1. The van der Waals surface area contributed by atoms with Gasteiger partial charge in [0.25, 0.3) is 0 Å². The summed E-state index contributed by atoms with van der Waals surface area (Å²) in [6, 6.07) is 10.4. The minimum atomic E-state index is -0.537. The number of phenolic OH excluding ortho intramolecular Hbond substituents is 1. The summed E-state index contributed by atoms with van der Waals surface area (Å²) in [7, 11) is 0. The van der Waals surface area contributed by atoms with Gasteiger partial charge in [-0.05, 0) is 17.7 Å². The van der Waals surface area contributed by atoms with Crippen LogP contribution in [0.3, 0.4) is 0 Å². The lowest BCUT2D eigenvalue weighted by Crippen LogP contribution is -2.00. The predicted molar refractivity (Wildman–Crippen MR) is 83.3 cm³/mol. The summed E-state index contributed by atoms with van der Waals surface area (Å²) in [5.41, 5.74) is 0.346. The minimum absolute atomic E-state index is 0.0431. The Kier molecular flexibility index (Phi) is 5.00. The monoisotopic (exact) mass is 352 g/mol. The van der Waals surface area contributed by atoms with Gasteiger partial charge in [0, 0.05) is 5.02 Å². The SMILES string of the molecule is N#Cc1c(O)c(Cl)c(Cl)c(OCc2ccc(Cl)cc2)c1C#N. The Morgan fingerprint density at radius 3 is 2.09 bits per heavy atom. The predicted octanol–water partition coefficient (Wildman–Crippen LogP) is 4.67. The molecule has 2 rings (SSSR count). The van der Waals surface area contributed by atoms with Gasteiger partial charge >= 0.3 is 0 Å². The first-order valence-corrected chi connectivity index (χ1v) is 7.04. The third kappa shape index (κ3) is 3.05. The highest BCUT2D eigenvalue weighted by molar-refractivity contribution is 6.44. The maximum atomic E-state index is 9.77. The van der Waals surface area contributed by atoms with E-state index in [0.29, 0.717) is 5.02 Å². The van der Waals surface area contributed by atoms with Crippen molar-refractivity contribution in [3.63, 3.8) is 0 Å². The summed E-state index contributed by atoms with van der Waals surface area (Å²) in [6.45, 7) is 0.0948. The van der Waals surface area contributed by atoms with Crippen LogP contribution < -0.4 is 4.74 Å². The van der Waals surface area contributed by atoms with E-state index in [1.54, 1.807) is 36.4 Å². The van der Waals surface area contributed by atoms with Crippen molar-refractivity contribution in [2.24, 2.45) is 0 Å². The van der Waals surface area contributed by atoms with E-state index in [0.717, 1.165) is 5.56 Å². The number of nitrogens with zero attached hydrogens (tertiary/aromatic N) is 2. The molecule has 0 heterocycles. The van der Waals surface area contributed by atoms with E-state index in [1.807, 2.05) is 0 Å². The molecule has 1 N–H and O–H groups in total. The molecule has 0 saturated heterocycles. The fraction of sp³-hybridized carbons (Fsp3) is 0.0667. The molecule has 0 aliphatic carbocycles. The maximum Gasteiger partial charge on any atom is 0.159 e. The molecule has 22 heavy (non-hydrogen) atoms. The smallest absolute Gasteiger partial charge is 0.159 e. The Labute approximate surface area is 141 Å². The number of halogens is 3. The highest BCUT2D eigenvalue weighted by atomic mass is 35.5. The average molecular weight is 354 g/mol. The first-order valence-electron chi connectivity index (χ1n) is 5.91. The highest BCUT2D eigenvalue weighted by Gasteiger charge is 2.23. The summed E-state index contributed by atoms with van der Waals surface area (Å²) >= 11 is 17.7. The van der Waals surface area contributed by atoms with Crippen LogP contribution in [0.5, 0.6) is 11.5 Å². The van der Waals surface area contributed by atoms with E-state index >= 15 is 0 Å². The molecule has 2 aromatic rings. The fourth-order valence-corrected chi connectivity index (χ4v) is 2.29. The van der Waals surface area contributed by atoms with E-state index in [9.17, 15) is 10.4 Å². The summed E-state index contributed by atoms with van der Waals surface area (Å²) in [5.74, 6) is -0.581. The van der Waals surface area contributed by atoms with Crippen molar-refractivity contribution in [3.8, 4) is 23.6 Å². The molecule has 0 atom stereocenters. The topological polar surface area (TPSA) is 77.0 Å². The van der Waals surface area contributed by atoms with Gasteiger partial charge in [-0.2, -0.15) is 10.5 Å². The molecule has 0 bridgehead atoms. The van der Waals surface area contributed by atoms with E-state index in [1.165, 1.54) is 0 Å². The molecule has 4 nitrogen and oxygen atoms in total. The molecule has 110 valence electrons. The van der Waals surface area contributed by atoms with Gasteiger partial charge in [-0.3, -0.25) is 0 Å². The number of phenols is 1. The van der Waals surface area contributed by atoms with Crippen molar-refractivity contribution in [2.75, 3.05) is 0 Å². The second kappa shape index (κ2) is 6.77. The van der Waals surface area contributed by atoms with E-state index in [-0.39, 0.29) is 33.5 Å². The Balaban J connectivity index is 2.43. The third-order valence-corrected chi connectivity index (χ3v) is 3.91. The zero-order valence-electron chi connectivity index (χ0n) is 10.9. The lowest BCUT2D eigenvalue weighted by Gasteiger charge is -2.13. The van der Waals surface area contributed by atoms with Gasteiger partial charge in [-0.25, -0.2) is 0 Å². The highest BCUT2D eigenvalue weighted by Crippen LogP contribution is 2.44. The van der Waals surface area contributed by atoms with Crippen LogP contribution in [0, 0.1) is 22.7 Å². The van der Waals surface area contributed by atoms with Crippen LogP contribution in [0.2, 0.25) is 15.1 Å². The number of hydrogen-bond donors (Lipinski definition) is 1. The molecular weight excluding hydrogens is 347 g/mol. The molecule has 0 aliphatic rings. The largest absolute Gasteiger partial charge is 0.505 e. The van der Waals surface area contributed by atoms with Crippen molar-refractivity contribution >= 4 is 34.8 Å². The maximum absolute atomic E-state index is 9.77. The number of ether oxygens (including phenoxy) is 1. The number of aromatic hydroxyl groups is 1. The van der Waals surface area contributed by atoms with Gasteiger partial charge < -0.3 is 9.84 Å². The molecule has 2 aromatic carbocycles. The van der Waals surface area contributed by atoms with Crippen molar-refractivity contribution in [1.29, 1.82) is 10.5 Å². The van der Waals surface area contributed by atoms with Gasteiger partial charge in [0.1, 0.15) is 39.9 Å². The van der Waals surface area contributed by atoms with Crippen LogP contribution in [0.1, 0.15) is 16.7 Å². The second-order valence-corrected chi connectivity index (χ2v) is 5.39. The van der Waals surface area contributed by atoms with Crippen molar-refractivity contribution in [1.82, 2.24) is 0 Å². The summed E-state index contributed by atoms with van der Waals surface area (Å²) < 4.78 is 5.52. The molecule has 0 saturated carbocycles. The summed E-state index contributed by atoms with van der Waals surface area (Å²) in [5, 5.41) is 28.2. The third-order valence-electron chi connectivity index (χ3n) is 2.83. The first kappa shape index (κ1) is 16.3. The molecule has 0 aromatic heterocycles. The summed E-state index contributed by atoms with van der Waals surface area (Å²) in [4.78, 5) is 0. The molecule has 0 unspecified atom stereocenters. The van der Waals surface area contributed by atoms with Gasteiger partial charge in [-0.15, -0.1) is 0 Å². The Morgan fingerprint density at radius 2 is 1.55 bits per heavy atom. The standard InChI is InChI=1S/C15H7Cl3N2O2/c16-9-3-1-8(2-4-9)7-22-15-11(6-20)10(5-19)14(21)12(17)13(15)18/h1-4,21H,7H2. The molecule has 0 radical (unpaired) electrons. The van der Waals surface area contributed by atoms with Crippen LogP contribution in [0.15, 0.2) is 24.3 Å². The van der Waals surface area contributed by atoms with Crippen LogP contribution >= 0.6 is 34.8 Å². The minimum Gasteiger partial charge on any atom is -0.505 e. The zero-order valence-corrected chi connectivity index (χ0v) is 13.2. The van der Waals surface area contributed by atoms with E-state index < -0.39 is 5.75 Å². The quantitative estimate of drug-likeness (QED) is 0.869. The van der Waals surface area contributed by atoms with Crippen LogP contribution in [-0.2, 0) is 6.61 Å². The van der Waals surface area contributed by atoms with Crippen molar-refractivity contribution < 1.29 is 9.84 Å². The van der Waals surface area contributed by atoms with Crippen LogP contribution in [0.4, 0.5) is 0 Å². The second-order valence-electron chi connectivity index (χ2n) is 4.19. The Bertz CT molecular complexity index is 806. The van der Waals surface area contributed by atoms with E-state index in [2.05, 4.69) is 0 Å². The van der Waals surface area contributed by atoms with Gasteiger partial charge in [0.05, 0.1) is 0 Å². The first-order chi connectivity index (χ1) is 10.5. The molecule has 0 fully saturated rings. The fourth-order valence-electron chi connectivity index (χ4n) is 1.74. The average Bonchev–Trinajstić information content (AvgIpc) is 2.53. The molecule has 0 spiro atoms. The molecular formula is C15H7Cl3N2O2. The van der Waals surface area contributed by atoms with Crippen LogP contribution in [-0.4, -0.2) is 5.11 Å². The summed E-state index contributed by atoms with van der Waals surface area (Å²) in [6.07, 6.45) is 0. The van der Waals surface area contributed by atoms with Gasteiger partial charge in [-0.1, -0.05) is 46.9 Å². The normalized spacial score (nSPS) is 9.86. The molecule has 7 heteroatoms. The zero-order chi connectivity index (χ0) is 16.3. The number of hydrogen-bond acceptors (Lipinski definition) is 4. The Morgan fingerprint density at radius 1 is 0.955 bits per heavy atom. The van der Waals surface area contributed by atoms with Gasteiger partial charge in [0.15, 0.2) is 11.5 Å². The molecule has 0 aliphatic heterocycles. The lowest BCUT2D eigenvalue weighted by molar-refractivity contribution is 0.305. The number of nitriles is 2. The number of rotatable bonds is 3. The van der Waals surface area contributed by atoms with Gasteiger partial charge in [0.2, 0.25) is 0 Å². The number of benzene rings is 2. The van der Waals surface area contributed by atoms with Crippen molar-refractivity contribution in [2.45, 2.75) is 6.61 Å². The molecule has 0 amide bonds. The van der Waals surface area contributed by atoms with Crippen LogP contribution in [0.25, 0.3) is 0 Å². The Hall–Kier alpha value is -2.11.